The molecular weight excluding hydrogens is 198 g/mol. The summed E-state index contributed by atoms with van der Waals surface area (Å²) < 4.78 is 9.52. The summed E-state index contributed by atoms with van der Waals surface area (Å²) in [5.74, 6) is -0.533. The maximum atomic E-state index is 11.3. The normalized spacial score (nSPS) is 12.4. The molecule has 0 aliphatic heterocycles. The van der Waals surface area contributed by atoms with Gasteiger partial charge in [-0.3, -0.25) is 0 Å². The summed E-state index contributed by atoms with van der Waals surface area (Å²) in [6.45, 7) is 0.599. The van der Waals surface area contributed by atoms with Gasteiger partial charge in [0, 0.05) is 0 Å². The summed E-state index contributed by atoms with van der Waals surface area (Å²) in [5.41, 5.74) is 10.9. The van der Waals surface area contributed by atoms with Gasteiger partial charge in [-0.25, -0.2) is 4.79 Å². The van der Waals surface area contributed by atoms with Gasteiger partial charge in [-0.05, 0) is 19.4 Å². The number of esters is 1. The van der Waals surface area contributed by atoms with Crippen molar-refractivity contribution >= 4 is 5.97 Å². The average molecular weight is 213 g/mol. The van der Waals surface area contributed by atoms with Gasteiger partial charge in [0.2, 0.25) is 0 Å². The van der Waals surface area contributed by atoms with E-state index in [1.165, 1.54) is 12.5 Å². The van der Waals surface area contributed by atoms with Gasteiger partial charge in [-0.2, -0.15) is 4.98 Å². The molecule has 0 saturated carbocycles. The van der Waals surface area contributed by atoms with Crippen LogP contribution in [0.2, 0.25) is 0 Å². The molecule has 0 spiro atoms. The first-order chi connectivity index (χ1) is 7.24. The zero-order valence-electron chi connectivity index (χ0n) is 8.39. The lowest BCUT2D eigenvalue weighted by atomic mass is 10.1. The SMILES string of the molecule is NCCCC[C@H](N)C(=O)Oc1ncco1. The van der Waals surface area contributed by atoms with Crippen LogP contribution in [0.15, 0.2) is 16.9 Å². The zero-order valence-corrected chi connectivity index (χ0v) is 8.39. The Bertz CT molecular complexity index is 287. The molecule has 0 amide bonds. The van der Waals surface area contributed by atoms with E-state index in [0.717, 1.165) is 12.8 Å². The maximum absolute atomic E-state index is 11.3. The van der Waals surface area contributed by atoms with E-state index in [-0.39, 0.29) is 6.08 Å². The second kappa shape index (κ2) is 6.15. The Morgan fingerprint density at radius 1 is 1.60 bits per heavy atom. The van der Waals surface area contributed by atoms with Crippen LogP contribution in [0.5, 0.6) is 6.08 Å². The van der Waals surface area contributed by atoms with Crippen LogP contribution in [0, 0.1) is 0 Å². The molecule has 1 atom stereocenters. The average Bonchev–Trinajstić information content (AvgIpc) is 2.70. The number of carbonyl (C=O) groups excluding carboxylic acids is 1. The first-order valence-electron chi connectivity index (χ1n) is 4.81. The minimum atomic E-state index is -0.650. The number of hydrogen-bond acceptors (Lipinski definition) is 6. The van der Waals surface area contributed by atoms with Crippen LogP contribution < -0.4 is 16.2 Å². The molecule has 6 heteroatoms. The second-order valence-electron chi connectivity index (χ2n) is 3.11. The van der Waals surface area contributed by atoms with E-state index in [0.29, 0.717) is 13.0 Å². The molecule has 0 bridgehead atoms. The third kappa shape index (κ3) is 4.09. The van der Waals surface area contributed by atoms with Gasteiger partial charge in [-0.1, -0.05) is 6.42 Å². The van der Waals surface area contributed by atoms with Gasteiger partial charge in [0.25, 0.3) is 0 Å². The molecule has 0 aliphatic rings. The van der Waals surface area contributed by atoms with Crippen molar-refractivity contribution < 1.29 is 13.9 Å². The van der Waals surface area contributed by atoms with Crippen molar-refractivity contribution in [3.05, 3.63) is 12.5 Å². The predicted molar refractivity (Wildman–Crippen MR) is 53.0 cm³/mol. The van der Waals surface area contributed by atoms with Crippen LogP contribution in [0.4, 0.5) is 0 Å². The molecule has 1 aromatic heterocycles. The highest BCUT2D eigenvalue weighted by Gasteiger charge is 2.17. The van der Waals surface area contributed by atoms with Gasteiger partial charge >= 0.3 is 12.0 Å². The van der Waals surface area contributed by atoms with Gasteiger partial charge in [0.05, 0.1) is 6.20 Å². The smallest absolute Gasteiger partial charge is 0.401 e. The lowest BCUT2D eigenvalue weighted by Gasteiger charge is -2.08. The number of oxazole rings is 1. The molecule has 1 aromatic rings. The molecule has 1 rings (SSSR count). The van der Waals surface area contributed by atoms with E-state index in [2.05, 4.69) is 4.98 Å². The molecule has 1 heterocycles. The van der Waals surface area contributed by atoms with Crippen LogP contribution in [0.3, 0.4) is 0 Å². The fourth-order valence-corrected chi connectivity index (χ4v) is 1.05. The van der Waals surface area contributed by atoms with Crippen LogP contribution in [-0.2, 0) is 4.79 Å². The highest BCUT2D eigenvalue weighted by atomic mass is 16.6. The van der Waals surface area contributed by atoms with Crippen LogP contribution in [-0.4, -0.2) is 23.5 Å². The van der Waals surface area contributed by atoms with Crippen molar-refractivity contribution in [1.82, 2.24) is 4.98 Å². The number of nitrogens with zero attached hydrogens (tertiary/aromatic N) is 1. The largest absolute Gasteiger partial charge is 0.417 e. The van der Waals surface area contributed by atoms with Crippen molar-refractivity contribution in [2.24, 2.45) is 11.5 Å². The van der Waals surface area contributed by atoms with Gasteiger partial charge in [0.15, 0.2) is 0 Å². The van der Waals surface area contributed by atoms with Crippen LogP contribution in [0.25, 0.3) is 0 Å². The number of rotatable bonds is 6. The van der Waals surface area contributed by atoms with E-state index < -0.39 is 12.0 Å². The van der Waals surface area contributed by atoms with Gasteiger partial charge in [-0.15, -0.1) is 0 Å². The standard InChI is InChI=1S/C9H15N3O3/c10-4-2-1-3-7(11)8(13)15-9-12-5-6-14-9/h5-7H,1-4,10-11H2/t7-/m0/s1. The minimum absolute atomic E-state index is 0.0747. The molecule has 0 radical (unpaired) electrons. The fraction of sp³-hybridized carbons (Fsp3) is 0.556. The number of aromatic nitrogens is 1. The Kier molecular flexibility index (Phi) is 4.79. The second-order valence-corrected chi connectivity index (χ2v) is 3.11. The summed E-state index contributed by atoms with van der Waals surface area (Å²) >= 11 is 0. The number of ether oxygens (including phenoxy) is 1. The van der Waals surface area contributed by atoms with E-state index in [9.17, 15) is 4.79 Å². The third-order valence-electron chi connectivity index (χ3n) is 1.87. The zero-order chi connectivity index (χ0) is 11.1. The molecule has 0 fully saturated rings. The number of carbonyl (C=O) groups is 1. The Hall–Kier alpha value is -1.40. The summed E-state index contributed by atoms with van der Waals surface area (Å²) in [6.07, 6.45) is 4.84. The summed E-state index contributed by atoms with van der Waals surface area (Å²) in [6, 6.07) is -0.650. The van der Waals surface area contributed by atoms with Crippen molar-refractivity contribution in [3.8, 4) is 6.08 Å². The Labute approximate surface area is 87.6 Å². The topological polar surface area (TPSA) is 104 Å². The third-order valence-corrected chi connectivity index (χ3v) is 1.87. The molecule has 0 unspecified atom stereocenters. The van der Waals surface area contributed by atoms with E-state index in [4.69, 9.17) is 20.6 Å². The molecule has 0 saturated heterocycles. The van der Waals surface area contributed by atoms with Crippen LogP contribution in [0.1, 0.15) is 19.3 Å². The van der Waals surface area contributed by atoms with Gasteiger partial charge < -0.3 is 20.6 Å². The first kappa shape index (κ1) is 11.7. The quantitative estimate of drug-likeness (QED) is 0.510. The van der Waals surface area contributed by atoms with Crippen molar-refractivity contribution in [1.29, 1.82) is 0 Å². The summed E-state index contributed by atoms with van der Waals surface area (Å²) in [7, 11) is 0. The molecule has 0 aromatic carbocycles. The Morgan fingerprint density at radius 3 is 3.00 bits per heavy atom. The lowest BCUT2D eigenvalue weighted by Crippen LogP contribution is -2.34. The minimum Gasteiger partial charge on any atom is -0.417 e. The van der Waals surface area contributed by atoms with Crippen molar-refractivity contribution in [3.63, 3.8) is 0 Å². The van der Waals surface area contributed by atoms with Crippen molar-refractivity contribution in [2.45, 2.75) is 25.3 Å². The van der Waals surface area contributed by atoms with Crippen LogP contribution >= 0.6 is 0 Å². The van der Waals surface area contributed by atoms with E-state index in [1.807, 2.05) is 0 Å². The number of hydrogen-bond donors (Lipinski definition) is 2. The predicted octanol–water partition coefficient (Wildman–Crippen LogP) is 0.0363. The molecule has 0 aliphatic carbocycles. The molecule has 84 valence electrons. The number of nitrogens with two attached hydrogens (primary N) is 2. The summed E-state index contributed by atoms with van der Waals surface area (Å²) in [5, 5.41) is 0. The fourth-order valence-electron chi connectivity index (χ4n) is 1.05. The van der Waals surface area contributed by atoms with Gasteiger partial charge in [0.1, 0.15) is 12.3 Å². The summed E-state index contributed by atoms with van der Waals surface area (Å²) in [4.78, 5) is 15.0. The first-order valence-corrected chi connectivity index (χ1v) is 4.81. The van der Waals surface area contributed by atoms with E-state index in [1.54, 1.807) is 0 Å². The lowest BCUT2D eigenvalue weighted by molar-refractivity contribution is -0.137. The molecule has 4 N–H and O–H groups in total. The monoisotopic (exact) mass is 213 g/mol. The Balaban J connectivity index is 2.27. The number of unbranched alkanes of at least 4 members (excludes halogenated alkanes) is 1. The maximum Gasteiger partial charge on any atom is 0.401 e. The molecular formula is C9H15N3O3. The van der Waals surface area contributed by atoms with Crippen molar-refractivity contribution in [2.75, 3.05) is 6.54 Å². The van der Waals surface area contributed by atoms with E-state index >= 15 is 0 Å². The molecule has 15 heavy (non-hydrogen) atoms. The Morgan fingerprint density at radius 2 is 2.40 bits per heavy atom. The molecule has 6 nitrogen and oxygen atoms in total. The highest BCUT2D eigenvalue weighted by molar-refractivity contribution is 5.77. The highest BCUT2D eigenvalue weighted by Crippen LogP contribution is 2.07.